The maximum atomic E-state index is 11.9. The summed E-state index contributed by atoms with van der Waals surface area (Å²) >= 11 is 0. The monoisotopic (exact) mass is 354 g/mol. The number of hydrogen-bond donors (Lipinski definition) is 0. The molecule has 134 valence electrons. The molecule has 0 N–H and O–H groups in total. The fraction of sp³-hybridized carbons (Fsp3) is 0.647. The second-order valence-electron chi connectivity index (χ2n) is 7.27. The molecule has 0 bridgehead atoms. The molecule has 0 aromatic heterocycles. The summed E-state index contributed by atoms with van der Waals surface area (Å²) in [6.07, 6.45) is 3.65. The first kappa shape index (κ1) is 17.5. The molecule has 1 unspecified atom stereocenters. The standard InChI is InChI=1S/C17H26N2O4S/c1-17(2)14-12-13(23-24(20,21)18(3)4)8-9-15(14)22-16(17)19-10-6-5-7-11-19/h8-9,12,16H,5-7,10-11H2,1-4H3. The van der Waals surface area contributed by atoms with Crippen LogP contribution in [-0.4, -0.2) is 51.0 Å². The first-order chi connectivity index (χ1) is 11.2. The Labute approximate surface area is 144 Å². The van der Waals surface area contributed by atoms with Crippen molar-refractivity contribution in [2.24, 2.45) is 0 Å². The van der Waals surface area contributed by atoms with Crippen LogP contribution in [-0.2, 0) is 15.7 Å². The van der Waals surface area contributed by atoms with Crippen LogP contribution in [0.2, 0.25) is 0 Å². The molecule has 2 heterocycles. The van der Waals surface area contributed by atoms with E-state index in [-0.39, 0.29) is 11.6 Å². The van der Waals surface area contributed by atoms with Crippen molar-refractivity contribution in [2.75, 3.05) is 27.2 Å². The molecule has 1 aromatic carbocycles. The topological polar surface area (TPSA) is 59.1 Å². The average Bonchev–Trinajstić information content (AvgIpc) is 2.79. The quantitative estimate of drug-likeness (QED) is 0.831. The molecule has 0 spiro atoms. The number of piperidine rings is 1. The molecule has 0 saturated carbocycles. The number of hydrogen-bond acceptors (Lipinski definition) is 5. The molecule has 24 heavy (non-hydrogen) atoms. The van der Waals surface area contributed by atoms with Gasteiger partial charge in [-0.25, -0.2) is 0 Å². The largest absolute Gasteiger partial charge is 0.474 e. The van der Waals surface area contributed by atoms with Gasteiger partial charge in [-0.15, -0.1) is 0 Å². The Bertz CT molecular complexity index is 709. The molecule has 2 aliphatic rings. The Balaban J connectivity index is 1.87. The van der Waals surface area contributed by atoms with Gasteiger partial charge in [-0.3, -0.25) is 4.90 Å². The van der Waals surface area contributed by atoms with Crippen LogP contribution in [0, 0.1) is 0 Å². The van der Waals surface area contributed by atoms with Gasteiger partial charge in [0, 0.05) is 38.2 Å². The van der Waals surface area contributed by atoms with Crippen molar-refractivity contribution in [3.8, 4) is 11.5 Å². The van der Waals surface area contributed by atoms with E-state index in [1.54, 1.807) is 12.1 Å². The molecule has 0 radical (unpaired) electrons. The van der Waals surface area contributed by atoms with E-state index >= 15 is 0 Å². The number of likely N-dealkylation sites (tertiary alicyclic amines) is 1. The Hall–Kier alpha value is -1.31. The van der Waals surface area contributed by atoms with Crippen LogP contribution in [0.1, 0.15) is 38.7 Å². The molecule has 1 atom stereocenters. The molecule has 7 heteroatoms. The Morgan fingerprint density at radius 1 is 1.21 bits per heavy atom. The van der Waals surface area contributed by atoms with Crippen LogP contribution in [0.3, 0.4) is 0 Å². The van der Waals surface area contributed by atoms with E-state index in [0.717, 1.165) is 28.7 Å². The van der Waals surface area contributed by atoms with Gasteiger partial charge in [0.05, 0.1) is 0 Å². The first-order valence-electron chi connectivity index (χ1n) is 8.39. The summed E-state index contributed by atoms with van der Waals surface area (Å²) in [7, 11) is -0.865. The second kappa shape index (κ2) is 6.20. The van der Waals surface area contributed by atoms with Crippen molar-refractivity contribution in [3.05, 3.63) is 23.8 Å². The van der Waals surface area contributed by atoms with Crippen molar-refractivity contribution in [2.45, 2.75) is 44.8 Å². The van der Waals surface area contributed by atoms with Gasteiger partial charge in [0.25, 0.3) is 0 Å². The highest BCUT2D eigenvalue weighted by Gasteiger charge is 2.45. The van der Waals surface area contributed by atoms with Crippen molar-refractivity contribution in [1.82, 2.24) is 9.21 Å². The minimum Gasteiger partial charge on any atom is -0.474 e. The zero-order valence-corrected chi connectivity index (χ0v) is 15.6. The Kier molecular flexibility index (Phi) is 4.53. The van der Waals surface area contributed by atoms with Gasteiger partial charge in [0.1, 0.15) is 11.5 Å². The highest BCUT2D eigenvalue weighted by atomic mass is 32.2. The van der Waals surface area contributed by atoms with Crippen molar-refractivity contribution >= 4 is 10.3 Å². The third-order valence-corrected chi connectivity index (χ3v) is 6.17. The summed E-state index contributed by atoms with van der Waals surface area (Å²) in [6.45, 7) is 6.37. The average molecular weight is 354 g/mol. The van der Waals surface area contributed by atoms with Crippen LogP contribution in [0.5, 0.6) is 11.5 Å². The second-order valence-corrected chi connectivity index (χ2v) is 9.02. The van der Waals surface area contributed by atoms with Gasteiger partial charge in [-0.2, -0.15) is 12.7 Å². The molecular formula is C17H26N2O4S. The summed E-state index contributed by atoms with van der Waals surface area (Å²) < 4.78 is 36.3. The number of fused-ring (bicyclic) bond motifs is 1. The third-order valence-electron chi connectivity index (χ3n) is 4.87. The zero-order valence-electron chi connectivity index (χ0n) is 14.8. The van der Waals surface area contributed by atoms with E-state index < -0.39 is 10.3 Å². The van der Waals surface area contributed by atoms with E-state index in [4.69, 9.17) is 8.92 Å². The van der Waals surface area contributed by atoms with Crippen LogP contribution in [0.4, 0.5) is 0 Å². The van der Waals surface area contributed by atoms with Gasteiger partial charge >= 0.3 is 10.3 Å². The molecule has 6 nitrogen and oxygen atoms in total. The van der Waals surface area contributed by atoms with E-state index in [9.17, 15) is 8.42 Å². The SMILES string of the molecule is CN(C)S(=O)(=O)Oc1ccc2c(c1)C(C)(C)C(N1CCCCC1)O2. The number of benzene rings is 1. The van der Waals surface area contributed by atoms with E-state index in [2.05, 4.69) is 18.7 Å². The smallest absolute Gasteiger partial charge is 0.384 e. The maximum Gasteiger partial charge on any atom is 0.384 e. The van der Waals surface area contributed by atoms with Crippen molar-refractivity contribution in [3.63, 3.8) is 0 Å². The van der Waals surface area contributed by atoms with E-state index in [0.29, 0.717) is 5.75 Å². The van der Waals surface area contributed by atoms with Gasteiger partial charge in [0.2, 0.25) is 0 Å². The van der Waals surface area contributed by atoms with Gasteiger partial charge < -0.3 is 8.92 Å². The molecule has 0 aliphatic carbocycles. The van der Waals surface area contributed by atoms with Crippen LogP contribution in [0.15, 0.2) is 18.2 Å². The molecule has 0 amide bonds. The lowest BCUT2D eigenvalue weighted by Crippen LogP contribution is -2.49. The summed E-state index contributed by atoms with van der Waals surface area (Å²) in [6, 6.07) is 5.25. The van der Waals surface area contributed by atoms with Gasteiger partial charge in [0.15, 0.2) is 6.23 Å². The normalized spacial score (nSPS) is 23.8. The minimum absolute atomic E-state index is 0.0199. The zero-order chi connectivity index (χ0) is 17.5. The molecule has 1 saturated heterocycles. The summed E-state index contributed by atoms with van der Waals surface area (Å²) in [5.74, 6) is 1.13. The number of rotatable bonds is 4. The molecular weight excluding hydrogens is 328 g/mol. The molecule has 1 aromatic rings. The summed E-state index contributed by atoms with van der Waals surface area (Å²) in [5, 5.41) is 0. The number of nitrogens with zero attached hydrogens (tertiary/aromatic N) is 2. The van der Waals surface area contributed by atoms with Crippen molar-refractivity contribution < 1.29 is 17.3 Å². The predicted octanol–water partition coefficient (Wildman–Crippen LogP) is 2.35. The highest BCUT2D eigenvalue weighted by molar-refractivity contribution is 7.84. The lowest BCUT2D eigenvalue weighted by atomic mass is 9.83. The Morgan fingerprint density at radius 3 is 2.50 bits per heavy atom. The van der Waals surface area contributed by atoms with E-state index in [1.165, 1.54) is 33.4 Å². The fourth-order valence-corrected chi connectivity index (χ4v) is 3.94. The summed E-state index contributed by atoms with van der Waals surface area (Å²) in [4.78, 5) is 2.39. The maximum absolute atomic E-state index is 11.9. The first-order valence-corrected chi connectivity index (χ1v) is 9.75. The number of ether oxygens (including phenoxy) is 1. The van der Waals surface area contributed by atoms with Crippen molar-refractivity contribution in [1.29, 1.82) is 0 Å². The Morgan fingerprint density at radius 2 is 1.88 bits per heavy atom. The van der Waals surface area contributed by atoms with Gasteiger partial charge in [-0.1, -0.05) is 20.3 Å². The van der Waals surface area contributed by atoms with Crippen LogP contribution < -0.4 is 8.92 Å². The van der Waals surface area contributed by atoms with Crippen LogP contribution >= 0.6 is 0 Å². The summed E-state index contributed by atoms with van der Waals surface area (Å²) in [5.41, 5.74) is 0.762. The van der Waals surface area contributed by atoms with E-state index in [1.807, 2.05) is 6.07 Å². The molecule has 1 fully saturated rings. The predicted molar refractivity (Wildman–Crippen MR) is 92.5 cm³/mol. The lowest BCUT2D eigenvalue weighted by Gasteiger charge is -2.38. The lowest BCUT2D eigenvalue weighted by molar-refractivity contribution is -0.0131. The minimum atomic E-state index is -3.76. The fourth-order valence-electron chi connectivity index (χ4n) is 3.45. The third kappa shape index (κ3) is 3.12. The molecule has 3 rings (SSSR count). The van der Waals surface area contributed by atoms with Crippen LogP contribution in [0.25, 0.3) is 0 Å². The van der Waals surface area contributed by atoms with Gasteiger partial charge in [-0.05, 0) is 31.0 Å². The molecule has 2 aliphatic heterocycles. The highest BCUT2D eigenvalue weighted by Crippen LogP contribution is 2.46.